The zero-order chi connectivity index (χ0) is 80.0. The molecule has 12 nitrogen and oxygen atoms in total. The Morgan fingerprint density at radius 2 is 0.509 bits per heavy atom. The highest BCUT2D eigenvalue weighted by Crippen LogP contribution is 2.55. The van der Waals surface area contributed by atoms with Crippen LogP contribution in [0.15, 0.2) is 170 Å². The van der Waals surface area contributed by atoms with Crippen molar-refractivity contribution in [3.8, 4) is 33.4 Å². The molecule has 0 aliphatic heterocycles. The van der Waals surface area contributed by atoms with Crippen LogP contribution in [0.1, 0.15) is 180 Å². The first-order chi connectivity index (χ1) is 55.0. The predicted molar refractivity (Wildman–Crippen MR) is 488 cm³/mol. The number of imidazole rings is 8. The Balaban J connectivity index is 0.777. The Morgan fingerprint density at radius 1 is 0.224 bits per heavy atom. The van der Waals surface area contributed by atoms with Crippen LogP contribution in [0.25, 0.3) is 210 Å². The lowest BCUT2D eigenvalue weighted by atomic mass is 9.84. The molecular formula is C104H94N12. The number of fused-ring (bicyclic) bond motifs is 36. The van der Waals surface area contributed by atoms with Crippen LogP contribution in [0.2, 0.25) is 0 Å². The molecule has 116 heavy (non-hydrogen) atoms. The van der Waals surface area contributed by atoms with E-state index in [1.54, 1.807) is 0 Å². The first-order valence-electron chi connectivity index (χ1n) is 41.6. The molecule has 0 bridgehead atoms. The molecule has 0 aliphatic rings. The second-order valence-corrected chi connectivity index (χ2v) is 40.7. The third kappa shape index (κ3) is 8.39. The quantitative estimate of drug-likeness (QED) is 0.176. The van der Waals surface area contributed by atoms with Crippen LogP contribution in [-0.4, -0.2) is 55.1 Å². The van der Waals surface area contributed by atoms with Crippen molar-refractivity contribution in [2.75, 3.05) is 0 Å². The van der Waals surface area contributed by atoms with Gasteiger partial charge in [-0.15, -0.1) is 0 Å². The van der Waals surface area contributed by atoms with Crippen molar-refractivity contribution in [2.45, 2.75) is 185 Å². The summed E-state index contributed by atoms with van der Waals surface area (Å²) in [4.78, 5) is 23.7. The zero-order valence-corrected chi connectivity index (χ0v) is 70.5. The fourth-order valence-electron chi connectivity index (χ4n) is 21.3. The first-order valence-corrected chi connectivity index (χ1v) is 41.6. The molecule has 24 aromatic rings. The molecule has 0 unspecified atom stereocenters. The van der Waals surface area contributed by atoms with Gasteiger partial charge < -0.3 is 0 Å². The summed E-state index contributed by atoms with van der Waals surface area (Å²) in [6.07, 6.45) is 0. The van der Waals surface area contributed by atoms with E-state index in [4.69, 9.17) is 19.9 Å². The van der Waals surface area contributed by atoms with Gasteiger partial charge in [0.2, 0.25) is 23.1 Å². The average molecular weight is 1510 g/mol. The summed E-state index contributed by atoms with van der Waals surface area (Å²) in [5.41, 5.74) is 41.1. The summed E-state index contributed by atoms with van der Waals surface area (Å²) in [5, 5.41) is 9.76. The Kier molecular flexibility index (Phi) is 12.5. The number of rotatable bonds is 3. The summed E-state index contributed by atoms with van der Waals surface area (Å²) in [6, 6.07) is 66.0. The second-order valence-electron chi connectivity index (χ2n) is 40.7. The minimum Gasteiger partial charge on any atom is -0.277 e. The van der Waals surface area contributed by atoms with Crippen LogP contribution in [0.4, 0.5) is 0 Å². The number of nitrogens with zero attached hydrogens (tertiary/aromatic N) is 12. The van der Waals surface area contributed by atoms with Gasteiger partial charge in [0.15, 0.2) is 0 Å². The van der Waals surface area contributed by atoms with Crippen molar-refractivity contribution >= 4 is 177 Å². The van der Waals surface area contributed by atoms with Crippen LogP contribution < -0.4 is 0 Å². The highest BCUT2D eigenvalue weighted by molar-refractivity contribution is 6.39. The number of aromatic nitrogens is 12. The molecule has 12 heteroatoms. The van der Waals surface area contributed by atoms with Crippen LogP contribution in [0.3, 0.4) is 0 Å². The SMILES string of the molecule is Cc1cccc(C)c1-c1cccc2c1nc1n2c2c3c4cc(C(C)(C)C)ccc4n4c3c(c3c5cc(C(C)(C)C)ccc5n1c32)n1c2cccc(-c3c(C)cc(-c5cc(C(C)(C)C)cc6c5nc5n6c6c7c8cc(C(C)(C)C)ccc8n8c7c(c7c9cc(C(C)(C)C)ccc9n5c76)n5c6cc(C(C)(C)C)ccc6nc58)cc3C)c2nc14. The molecule has 0 radical (unpaired) electrons. The topological polar surface area (TPSA) is 86.8 Å². The van der Waals surface area contributed by atoms with E-state index in [0.717, 1.165) is 117 Å². The van der Waals surface area contributed by atoms with Gasteiger partial charge in [-0.25, -0.2) is 19.9 Å². The lowest BCUT2D eigenvalue weighted by molar-refractivity contribution is 0.590. The van der Waals surface area contributed by atoms with Gasteiger partial charge >= 0.3 is 0 Å². The fourth-order valence-corrected chi connectivity index (χ4v) is 21.3. The Hall–Kier alpha value is -12.3. The maximum Gasteiger partial charge on any atom is 0.220 e. The Morgan fingerprint density at radius 3 is 0.871 bits per heavy atom. The molecule has 12 heterocycles. The number of para-hydroxylation sites is 2. The first kappa shape index (κ1) is 68.2. The number of hydrogen-bond acceptors (Lipinski definition) is 4. The van der Waals surface area contributed by atoms with Crippen molar-refractivity contribution in [3.63, 3.8) is 0 Å². The summed E-state index contributed by atoms with van der Waals surface area (Å²) in [7, 11) is 0. The van der Waals surface area contributed by atoms with Crippen LogP contribution in [0, 0.1) is 27.7 Å². The van der Waals surface area contributed by atoms with Crippen molar-refractivity contribution in [1.29, 1.82) is 0 Å². The molecule has 12 aromatic carbocycles. The molecule has 570 valence electrons. The third-order valence-electron chi connectivity index (χ3n) is 27.2. The summed E-state index contributed by atoms with van der Waals surface area (Å²) < 4.78 is 20.2. The summed E-state index contributed by atoms with van der Waals surface area (Å²) >= 11 is 0. The summed E-state index contributed by atoms with van der Waals surface area (Å²) in [5.74, 6) is 3.67. The Labute approximate surface area is 671 Å². The number of aryl methyl sites for hydroxylation is 4. The monoisotopic (exact) mass is 1510 g/mol. The van der Waals surface area contributed by atoms with Gasteiger partial charge in [0.1, 0.15) is 0 Å². The fraction of sp³-hybridized carbons (Fsp3) is 0.269. The average Bonchev–Trinajstić information content (AvgIpc) is 1.48. The second kappa shape index (κ2) is 21.2. The van der Waals surface area contributed by atoms with E-state index in [1.165, 1.54) is 148 Å². The van der Waals surface area contributed by atoms with E-state index in [-0.39, 0.29) is 32.5 Å². The van der Waals surface area contributed by atoms with Gasteiger partial charge in [0.05, 0.1) is 110 Å². The standard InChI is InChI=1S/C104H94N12/c1-51-26-23-27-52(2)78(51)62-28-24-30-74-84(62)106-96-110-71-39-34-57(100(8,9)10)45-66(71)81-87(110)91(113(74)96)80-67-46-58(101(11,12)13)35-40-72(67)111-88(80)92(81)114-75-31-25-29-63(85(75)107-97(111)114)79-53(3)42-55(43-54(79)4)64-48-61(104(20,21)22)50-77-86(64)108-98-112-73-41-36-59(102(14,15)16)47-68(73)82-90(112)94(116(77)98)83-65-44-56(99(5,6)7)33-38-70(65)109-89(83)93(82)115-76-49-60(103(17,18)19)32-37-69(76)105-95(109)115/h23-50H,1-22H3. The molecule has 0 N–H and O–H groups in total. The van der Waals surface area contributed by atoms with Gasteiger partial charge in [-0.05, 0) is 217 Å². The van der Waals surface area contributed by atoms with Crippen LogP contribution in [0.5, 0.6) is 0 Å². The molecular weight excluding hydrogens is 1420 g/mol. The van der Waals surface area contributed by atoms with E-state index in [9.17, 15) is 0 Å². The van der Waals surface area contributed by atoms with Crippen molar-refractivity contribution in [3.05, 3.63) is 225 Å². The third-order valence-corrected chi connectivity index (χ3v) is 27.2. The maximum absolute atomic E-state index is 6.11. The molecule has 0 atom stereocenters. The van der Waals surface area contributed by atoms with Crippen LogP contribution in [-0.2, 0) is 32.5 Å². The molecule has 0 amide bonds. The van der Waals surface area contributed by atoms with E-state index < -0.39 is 0 Å². The molecule has 12 aromatic heterocycles. The molecule has 0 aliphatic carbocycles. The molecule has 24 rings (SSSR count). The minimum absolute atomic E-state index is 0.0703. The van der Waals surface area contributed by atoms with E-state index >= 15 is 0 Å². The largest absolute Gasteiger partial charge is 0.277 e. The minimum atomic E-state index is -0.226. The zero-order valence-electron chi connectivity index (χ0n) is 70.5. The normalized spacial score (nSPS) is 13.9. The smallest absolute Gasteiger partial charge is 0.220 e. The highest BCUT2D eigenvalue weighted by atomic mass is 15.2. The van der Waals surface area contributed by atoms with Gasteiger partial charge in [0, 0.05) is 59.8 Å². The highest BCUT2D eigenvalue weighted by Gasteiger charge is 2.38. The number of benzene rings is 12. The maximum atomic E-state index is 6.11. The van der Waals surface area contributed by atoms with Crippen LogP contribution >= 0.6 is 0 Å². The van der Waals surface area contributed by atoms with Gasteiger partial charge in [-0.3, -0.25) is 35.2 Å². The number of hydrogen-bond donors (Lipinski definition) is 0. The van der Waals surface area contributed by atoms with Gasteiger partial charge in [-0.2, -0.15) is 0 Å². The predicted octanol–water partition coefficient (Wildman–Crippen LogP) is 26.9. The molecule has 0 fully saturated rings. The van der Waals surface area contributed by atoms with Gasteiger partial charge in [-0.1, -0.05) is 210 Å². The van der Waals surface area contributed by atoms with E-state index in [2.05, 4.69) is 357 Å². The molecule has 0 saturated heterocycles. The van der Waals surface area contributed by atoms with Crippen molar-refractivity contribution in [2.24, 2.45) is 0 Å². The molecule has 0 saturated carbocycles. The lowest BCUT2D eigenvalue weighted by Gasteiger charge is -2.21. The molecule has 0 spiro atoms. The van der Waals surface area contributed by atoms with E-state index in [1.807, 2.05) is 0 Å². The van der Waals surface area contributed by atoms with Crippen molar-refractivity contribution < 1.29 is 0 Å². The van der Waals surface area contributed by atoms with Crippen molar-refractivity contribution in [1.82, 2.24) is 55.1 Å². The van der Waals surface area contributed by atoms with E-state index in [0.29, 0.717) is 0 Å². The van der Waals surface area contributed by atoms with Gasteiger partial charge in [0.25, 0.3) is 0 Å². The summed E-state index contributed by atoms with van der Waals surface area (Å²) in [6.45, 7) is 51.2. The Bertz CT molecular complexity index is 8520. The lowest BCUT2D eigenvalue weighted by Crippen LogP contribution is -2.11.